The molecule has 1 heterocycles. The second kappa shape index (κ2) is 3.67. The minimum absolute atomic E-state index is 0.128. The molecule has 0 aliphatic rings. The summed E-state index contributed by atoms with van der Waals surface area (Å²) in [5.74, 6) is -0.439. The number of rotatable bonds is 1. The number of nitrogens with one attached hydrogen (secondary N) is 1. The van der Waals surface area contributed by atoms with Gasteiger partial charge in [-0.3, -0.25) is 0 Å². The Morgan fingerprint density at radius 1 is 1.40 bits per heavy atom. The van der Waals surface area contributed by atoms with Crippen LogP contribution in [0.1, 0.15) is 5.69 Å². The van der Waals surface area contributed by atoms with Crippen molar-refractivity contribution in [3.8, 4) is 17.3 Å². The summed E-state index contributed by atoms with van der Waals surface area (Å²) in [7, 11) is 0. The van der Waals surface area contributed by atoms with Crippen LogP contribution in [0.2, 0.25) is 5.02 Å². The molecule has 0 unspecified atom stereocenters. The second-order valence-corrected chi connectivity index (χ2v) is 3.16. The maximum Gasteiger partial charge on any atom is 0.190 e. The van der Waals surface area contributed by atoms with Crippen LogP contribution in [0.3, 0.4) is 0 Å². The Morgan fingerprint density at radius 2 is 2.20 bits per heavy atom. The average molecular weight is 223 g/mol. The zero-order valence-corrected chi connectivity index (χ0v) is 8.09. The maximum atomic E-state index is 12.8. The molecule has 0 saturated carbocycles. The van der Waals surface area contributed by atoms with Gasteiger partial charge in [-0.1, -0.05) is 11.6 Å². The van der Waals surface area contributed by atoms with Gasteiger partial charge in [0.25, 0.3) is 0 Å². The highest BCUT2D eigenvalue weighted by Gasteiger charge is 2.13. The van der Waals surface area contributed by atoms with Gasteiger partial charge in [-0.15, -0.1) is 5.10 Å². The fraction of sp³-hybridized carbons (Fsp3) is 0. The highest BCUT2D eigenvalue weighted by molar-refractivity contribution is 6.33. The lowest BCUT2D eigenvalue weighted by Gasteiger charge is -1.99. The SMILES string of the molecule is N#Cc1n[nH]nc1-c1ccc(F)cc1Cl. The summed E-state index contributed by atoms with van der Waals surface area (Å²) in [5, 5.41) is 18.6. The topological polar surface area (TPSA) is 65.4 Å². The Hall–Kier alpha value is -1.93. The van der Waals surface area contributed by atoms with Gasteiger partial charge in [0.2, 0.25) is 0 Å². The van der Waals surface area contributed by atoms with Crippen molar-refractivity contribution in [1.29, 1.82) is 5.26 Å². The molecular weight excluding hydrogens is 219 g/mol. The van der Waals surface area contributed by atoms with Crippen molar-refractivity contribution < 1.29 is 4.39 Å². The van der Waals surface area contributed by atoms with E-state index < -0.39 is 5.82 Å². The first kappa shape index (κ1) is 9.62. The van der Waals surface area contributed by atoms with Gasteiger partial charge in [0.1, 0.15) is 17.6 Å². The molecule has 74 valence electrons. The van der Waals surface area contributed by atoms with E-state index in [1.165, 1.54) is 12.1 Å². The Bertz CT molecular complexity index is 543. The van der Waals surface area contributed by atoms with Crippen LogP contribution in [0.25, 0.3) is 11.3 Å². The van der Waals surface area contributed by atoms with Crippen LogP contribution in [-0.4, -0.2) is 15.4 Å². The molecule has 0 atom stereocenters. The molecule has 0 aliphatic heterocycles. The fourth-order valence-corrected chi connectivity index (χ4v) is 1.43. The van der Waals surface area contributed by atoms with Crippen molar-refractivity contribution in [3.63, 3.8) is 0 Å². The lowest BCUT2D eigenvalue weighted by molar-refractivity contribution is 0.628. The Kier molecular flexibility index (Phi) is 2.35. The molecule has 0 fully saturated rings. The van der Waals surface area contributed by atoms with E-state index in [0.29, 0.717) is 11.3 Å². The lowest BCUT2D eigenvalue weighted by atomic mass is 10.1. The zero-order chi connectivity index (χ0) is 10.8. The van der Waals surface area contributed by atoms with E-state index in [1.807, 2.05) is 6.07 Å². The van der Waals surface area contributed by atoms with Gasteiger partial charge in [-0.2, -0.15) is 15.6 Å². The first-order valence-electron chi connectivity index (χ1n) is 3.98. The van der Waals surface area contributed by atoms with Crippen LogP contribution in [0, 0.1) is 17.1 Å². The Morgan fingerprint density at radius 3 is 2.87 bits per heavy atom. The van der Waals surface area contributed by atoms with Crippen LogP contribution < -0.4 is 0 Å². The third-order valence-corrected chi connectivity index (χ3v) is 2.15. The molecule has 0 bridgehead atoms. The lowest BCUT2D eigenvalue weighted by Crippen LogP contribution is -1.85. The van der Waals surface area contributed by atoms with Gasteiger partial charge in [0, 0.05) is 5.56 Å². The van der Waals surface area contributed by atoms with Gasteiger partial charge >= 0.3 is 0 Å². The first-order valence-corrected chi connectivity index (χ1v) is 4.36. The van der Waals surface area contributed by atoms with Crippen LogP contribution in [-0.2, 0) is 0 Å². The normalized spacial score (nSPS) is 9.93. The van der Waals surface area contributed by atoms with E-state index in [2.05, 4.69) is 15.4 Å². The van der Waals surface area contributed by atoms with Gasteiger partial charge in [-0.25, -0.2) is 4.39 Å². The van der Waals surface area contributed by atoms with Gasteiger partial charge in [-0.05, 0) is 18.2 Å². The van der Waals surface area contributed by atoms with Crippen molar-refractivity contribution in [1.82, 2.24) is 15.4 Å². The zero-order valence-electron chi connectivity index (χ0n) is 7.33. The summed E-state index contributed by atoms with van der Waals surface area (Å²) < 4.78 is 12.8. The van der Waals surface area contributed by atoms with Crippen LogP contribution in [0.5, 0.6) is 0 Å². The average Bonchev–Trinajstić information content (AvgIpc) is 2.65. The van der Waals surface area contributed by atoms with E-state index in [1.54, 1.807) is 0 Å². The molecule has 0 saturated heterocycles. The molecule has 1 aromatic heterocycles. The maximum absolute atomic E-state index is 12.8. The number of benzene rings is 1. The number of nitrogens with zero attached hydrogens (tertiary/aromatic N) is 3. The molecular formula is C9H4ClFN4. The van der Waals surface area contributed by atoms with Crippen LogP contribution in [0.4, 0.5) is 4.39 Å². The number of aromatic amines is 1. The summed E-state index contributed by atoms with van der Waals surface area (Å²) >= 11 is 5.82. The third-order valence-electron chi connectivity index (χ3n) is 1.84. The number of aromatic nitrogens is 3. The van der Waals surface area contributed by atoms with Gasteiger partial charge in [0.05, 0.1) is 5.02 Å². The molecule has 0 aliphatic carbocycles. The molecule has 1 aromatic carbocycles. The number of hydrogen-bond donors (Lipinski definition) is 1. The fourth-order valence-electron chi connectivity index (χ4n) is 1.18. The summed E-state index contributed by atoms with van der Waals surface area (Å²) in [6.07, 6.45) is 0. The predicted molar refractivity (Wildman–Crippen MR) is 51.5 cm³/mol. The molecule has 2 rings (SSSR count). The second-order valence-electron chi connectivity index (χ2n) is 2.76. The van der Waals surface area contributed by atoms with Crippen LogP contribution >= 0.6 is 11.6 Å². The third kappa shape index (κ3) is 1.67. The summed E-state index contributed by atoms with van der Waals surface area (Å²) in [4.78, 5) is 0. The van der Waals surface area contributed by atoms with Crippen molar-refractivity contribution in [2.45, 2.75) is 0 Å². The molecule has 1 N–H and O–H groups in total. The van der Waals surface area contributed by atoms with Crippen molar-refractivity contribution in [2.75, 3.05) is 0 Å². The van der Waals surface area contributed by atoms with Crippen LogP contribution in [0.15, 0.2) is 18.2 Å². The molecule has 4 nitrogen and oxygen atoms in total. The summed E-state index contributed by atoms with van der Waals surface area (Å²) in [6.45, 7) is 0. The molecule has 0 radical (unpaired) electrons. The highest BCUT2D eigenvalue weighted by atomic mass is 35.5. The molecule has 6 heteroatoms. The molecule has 0 spiro atoms. The highest BCUT2D eigenvalue weighted by Crippen LogP contribution is 2.28. The monoisotopic (exact) mass is 222 g/mol. The summed E-state index contributed by atoms with van der Waals surface area (Å²) in [5.41, 5.74) is 0.925. The van der Waals surface area contributed by atoms with Crippen molar-refractivity contribution in [2.24, 2.45) is 0 Å². The predicted octanol–water partition coefficient (Wildman–Crippen LogP) is 2.14. The number of nitriles is 1. The van der Waals surface area contributed by atoms with E-state index >= 15 is 0 Å². The van der Waals surface area contributed by atoms with E-state index in [9.17, 15) is 4.39 Å². The largest absolute Gasteiger partial charge is 0.207 e. The molecule has 0 amide bonds. The van der Waals surface area contributed by atoms with Crippen molar-refractivity contribution in [3.05, 3.63) is 34.7 Å². The van der Waals surface area contributed by atoms with E-state index in [-0.39, 0.29) is 10.7 Å². The van der Waals surface area contributed by atoms with Gasteiger partial charge < -0.3 is 0 Å². The Labute approximate surface area is 89.3 Å². The van der Waals surface area contributed by atoms with Crippen molar-refractivity contribution >= 4 is 11.6 Å². The Balaban J connectivity index is 2.60. The number of H-pyrrole nitrogens is 1. The molecule has 2 aromatic rings. The number of hydrogen-bond acceptors (Lipinski definition) is 3. The standard InChI is InChI=1S/C9H4ClFN4/c10-7-3-5(11)1-2-6(7)9-8(4-12)13-15-14-9/h1-3H,(H,13,14,15). The van der Waals surface area contributed by atoms with Gasteiger partial charge in [0.15, 0.2) is 5.69 Å². The molecule has 15 heavy (non-hydrogen) atoms. The van der Waals surface area contributed by atoms with E-state index in [4.69, 9.17) is 16.9 Å². The quantitative estimate of drug-likeness (QED) is 0.804. The minimum atomic E-state index is -0.439. The smallest absolute Gasteiger partial charge is 0.190 e. The summed E-state index contributed by atoms with van der Waals surface area (Å²) in [6, 6.07) is 5.72. The number of halogens is 2. The van der Waals surface area contributed by atoms with E-state index in [0.717, 1.165) is 6.07 Å². The minimum Gasteiger partial charge on any atom is -0.207 e. The first-order chi connectivity index (χ1) is 7.22.